The first-order chi connectivity index (χ1) is 23.2. The molecule has 0 amide bonds. The summed E-state index contributed by atoms with van der Waals surface area (Å²) in [6.45, 7) is 17.2. The van der Waals surface area contributed by atoms with E-state index in [0.29, 0.717) is 16.7 Å². The van der Waals surface area contributed by atoms with E-state index in [1.807, 2.05) is 62.5 Å². The number of benzene rings is 3. The molecule has 0 atom stereocenters. The number of hydrogen-bond acceptors (Lipinski definition) is 4. The van der Waals surface area contributed by atoms with Crippen molar-refractivity contribution >= 4 is 35.3 Å². The molecule has 4 nitrogen and oxygen atoms in total. The van der Waals surface area contributed by atoms with Crippen molar-refractivity contribution in [3.8, 4) is 33.6 Å². The van der Waals surface area contributed by atoms with Crippen LogP contribution in [0, 0.1) is 38.7 Å². The fourth-order valence-corrected chi connectivity index (χ4v) is 7.90. The second kappa shape index (κ2) is 14.7. The zero-order valence-electron chi connectivity index (χ0n) is 30.1. The van der Waals surface area contributed by atoms with Crippen molar-refractivity contribution in [2.24, 2.45) is 0 Å². The molecule has 0 unspecified atom stereocenters. The number of rotatable bonds is 5. The van der Waals surface area contributed by atoms with Crippen LogP contribution in [0.3, 0.4) is 0 Å². The van der Waals surface area contributed by atoms with Crippen LogP contribution >= 0.6 is 0 Å². The van der Waals surface area contributed by atoms with Crippen LogP contribution in [0.4, 0.5) is 4.39 Å². The van der Waals surface area contributed by atoms with E-state index in [9.17, 15) is 4.39 Å². The number of aryl methyl sites for hydroxylation is 3. The van der Waals surface area contributed by atoms with Crippen molar-refractivity contribution in [2.45, 2.75) is 60.2 Å². The molecule has 0 bridgehead atoms. The first-order valence-corrected chi connectivity index (χ1v) is 19.6. The van der Waals surface area contributed by atoms with Gasteiger partial charge in [0.25, 0.3) is 0 Å². The molecular formula is C42H40FIrN3OSi-2. The van der Waals surface area contributed by atoms with Gasteiger partial charge in [-0.05, 0) is 77.6 Å². The van der Waals surface area contributed by atoms with E-state index in [1.54, 1.807) is 6.20 Å². The van der Waals surface area contributed by atoms with Gasteiger partial charge < -0.3 is 14.4 Å². The van der Waals surface area contributed by atoms with Crippen molar-refractivity contribution < 1.29 is 30.3 Å². The largest absolute Gasteiger partial charge is 0.486 e. The minimum Gasteiger partial charge on any atom is -0.486 e. The summed E-state index contributed by atoms with van der Waals surface area (Å²) in [5, 5.41) is 2.73. The standard InChI is InChI=1S/C25H18FN2O.C17H22NSi.Ir/c1-14-9-15(2)23(16(3)10-14)17-7-8-27-22(11-17)20-6-4-5-19-21-12-18(26)13-28-25(21)29-24(19)20;1-13(2)15-11-16(14-9-7-6-8-10-14)18-12-17(15)19(3,4)5;/h4-5,7-13H,1-3H3;6-9,11-13H,1-5H3;/q2*-1;/i;13D;. The molecule has 0 spiro atoms. The number of hydrogen-bond donors (Lipinski definition) is 0. The zero-order valence-corrected chi connectivity index (χ0v) is 32.5. The number of nitrogens with zero attached hydrogens (tertiary/aromatic N) is 3. The van der Waals surface area contributed by atoms with Gasteiger partial charge in [0.1, 0.15) is 5.82 Å². The van der Waals surface area contributed by atoms with Gasteiger partial charge in [-0.1, -0.05) is 79.8 Å². The number of halogens is 1. The maximum absolute atomic E-state index is 13.7. The monoisotopic (exact) mass is 843 g/mol. The predicted molar refractivity (Wildman–Crippen MR) is 199 cm³/mol. The van der Waals surface area contributed by atoms with E-state index in [4.69, 9.17) is 5.79 Å². The summed E-state index contributed by atoms with van der Waals surface area (Å²) in [6, 6.07) is 30.0. The van der Waals surface area contributed by atoms with Crippen LogP contribution in [0.2, 0.25) is 19.6 Å². The number of pyridine rings is 3. The van der Waals surface area contributed by atoms with E-state index in [2.05, 4.69) is 91.8 Å². The molecule has 1 radical (unpaired) electrons. The summed E-state index contributed by atoms with van der Waals surface area (Å²) < 4.78 is 28.1. The molecule has 0 aliphatic rings. The van der Waals surface area contributed by atoms with Crippen LogP contribution < -0.4 is 5.19 Å². The zero-order chi connectivity index (χ0) is 35.1. The fourth-order valence-electron chi connectivity index (χ4n) is 6.32. The van der Waals surface area contributed by atoms with Crippen molar-refractivity contribution in [2.75, 3.05) is 0 Å². The summed E-state index contributed by atoms with van der Waals surface area (Å²) in [4.78, 5) is 13.2. The smallest absolute Gasteiger partial charge is 0.216 e. The van der Waals surface area contributed by atoms with Crippen molar-refractivity contribution in [3.05, 3.63) is 132 Å². The maximum atomic E-state index is 13.7. The molecule has 7 rings (SSSR count). The van der Waals surface area contributed by atoms with Crippen LogP contribution in [-0.2, 0) is 20.1 Å². The molecule has 4 heterocycles. The quantitative estimate of drug-likeness (QED) is 0.128. The van der Waals surface area contributed by atoms with Crippen molar-refractivity contribution in [1.29, 1.82) is 0 Å². The summed E-state index contributed by atoms with van der Waals surface area (Å²) in [7, 11) is -1.50. The van der Waals surface area contributed by atoms with Gasteiger partial charge in [-0.3, -0.25) is 0 Å². The Morgan fingerprint density at radius 1 is 0.816 bits per heavy atom. The van der Waals surface area contributed by atoms with Gasteiger partial charge in [0.05, 0.1) is 19.9 Å². The molecule has 49 heavy (non-hydrogen) atoms. The Bertz CT molecular complexity index is 2290. The molecule has 0 N–H and O–H groups in total. The molecule has 4 aromatic heterocycles. The number of fused-ring (bicyclic) bond motifs is 3. The van der Waals surface area contributed by atoms with E-state index < -0.39 is 14.0 Å². The predicted octanol–water partition coefficient (Wildman–Crippen LogP) is 10.8. The second-order valence-electron chi connectivity index (χ2n) is 13.5. The van der Waals surface area contributed by atoms with Crippen LogP contribution in [0.15, 0.2) is 95.8 Å². The second-order valence-corrected chi connectivity index (χ2v) is 18.6. The molecule has 7 aromatic rings. The van der Waals surface area contributed by atoms with E-state index in [-0.39, 0.29) is 25.9 Å². The molecule has 0 aliphatic heterocycles. The average Bonchev–Trinajstić information content (AvgIpc) is 3.42. The molecule has 0 saturated carbocycles. The Balaban J connectivity index is 0.000000204. The maximum Gasteiger partial charge on any atom is 0.216 e. The Kier molecular flexibility index (Phi) is 10.4. The Labute approximate surface area is 304 Å². The average molecular weight is 843 g/mol. The van der Waals surface area contributed by atoms with Crippen LogP contribution in [0.1, 0.15) is 43.4 Å². The molecule has 0 aliphatic carbocycles. The van der Waals surface area contributed by atoms with Crippen LogP contribution in [0.5, 0.6) is 0 Å². The molecule has 7 heteroatoms. The minimum atomic E-state index is -1.50. The third kappa shape index (κ3) is 7.65. The van der Waals surface area contributed by atoms with Gasteiger partial charge in [0.15, 0.2) is 0 Å². The summed E-state index contributed by atoms with van der Waals surface area (Å²) in [6.07, 6.45) is 4.95. The van der Waals surface area contributed by atoms with Crippen molar-refractivity contribution in [1.82, 2.24) is 15.0 Å². The van der Waals surface area contributed by atoms with E-state index in [1.165, 1.54) is 33.5 Å². The van der Waals surface area contributed by atoms with Crippen LogP contribution in [0.25, 0.3) is 55.7 Å². The van der Waals surface area contributed by atoms with Gasteiger partial charge >= 0.3 is 0 Å². The Morgan fingerprint density at radius 2 is 1.57 bits per heavy atom. The number of furan rings is 1. The Morgan fingerprint density at radius 3 is 2.24 bits per heavy atom. The molecular weight excluding hydrogens is 802 g/mol. The fraction of sp³-hybridized carbons (Fsp3) is 0.214. The molecule has 251 valence electrons. The van der Waals surface area contributed by atoms with Crippen LogP contribution in [-0.4, -0.2) is 23.0 Å². The summed E-state index contributed by atoms with van der Waals surface area (Å²) in [5.74, 6) is -0.998. The number of aromatic nitrogens is 3. The van der Waals surface area contributed by atoms with Crippen molar-refractivity contribution in [3.63, 3.8) is 0 Å². The molecule has 0 saturated heterocycles. The van der Waals surface area contributed by atoms with Gasteiger partial charge in [0, 0.05) is 39.3 Å². The van der Waals surface area contributed by atoms with E-state index >= 15 is 0 Å². The van der Waals surface area contributed by atoms with E-state index in [0.717, 1.165) is 45.2 Å². The minimum absolute atomic E-state index is 0. The normalized spacial score (nSPS) is 11.9. The Hall–Kier alpha value is -4.29. The summed E-state index contributed by atoms with van der Waals surface area (Å²) >= 11 is 0. The first-order valence-electron chi connectivity index (χ1n) is 16.6. The van der Waals surface area contributed by atoms with Gasteiger partial charge in [-0.15, -0.1) is 54.1 Å². The van der Waals surface area contributed by atoms with Gasteiger partial charge in [0.2, 0.25) is 5.71 Å². The summed E-state index contributed by atoms with van der Waals surface area (Å²) in [5.41, 5.74) is 11.5. The third-order valence-corrected chi connectivity index (χ3v) is 10.5. The SMILES string of the molecule is Cc1cc(C)c(-c2ccnc(-c3[c-]ccc4c3oc3ncc(F)cc34)c2)c(C)c1.[2H]C(C)(C)c1cc(-c2[c-]cccc2)ncc1[Si](C)(C)C.[Ir]. The molecule has 0 fully saturated rings. The third-order valence-electron chi connectivity index (χ3n) is 8.47. The topological polar surface area (TPSA) is 51.8 Å². The van der Waals surface area contributed by atoms with Gasteiger partial charge in [-0.2, -0.15) is 0 Å². The molecule has 3 aromatic carbocycles. The van der Waals surface area contributed by atoms with Gasteiger partial charge in [-0.25, -0.2) is 9.37 Å². The first kappa shape index (κ1) is 34.6.